The summed E-state index contributed by atoms with van der Waals surface area (Å²) in [6.07, 6.45) is 41.3. The molecule has 8 bridgehead atoms. The Morgan fingerprint density at radius 2 is 0.951 bits per heavy atom. The molecule has 6 aliphatic rings. The third-order valence-electron chi connectivity index (χ3n) is 11.9. The molecule has 0 saturated carbocycles. The van der Waals surface area contributed by atoms with E-state index in [4.69, 9.17) is 9.97 Å². The molecule has 0 aromatic carbocycles. The van der Waals surface area contributed by atoms with Crippen molar-refractivity contribution in [3.8, 4) is 0 Å². The van der Waals surface area contributed by atoms with E-state index in [0.29, 0.717) is 0 Å². The molecule has 3 aromatic heterocycles. The molecule has 3 aromatic rings. The van der Waals surface area contributed by atoms with Crippen LogP contribution in [0.2, 0.25) is 0 Å². The Balaban J connectivity index is 0.00000514. The topological polar surface area (TPSA) is 59.5 Å². The van der Waals surface area contributed by atoms with E-state index in [-0.39, 0.29) is 17.1 Å². The molecule has 0 aliphatic carbocycles. The summed E-state index contributed by atoms with van der Waals surface area (Å²) in [7, 11) is 0. The van der Waals surface area contributed by atoms with E-state index >= 15 is 0 Å². The number of H-pyrrole nitrogens is 1. The van der Waals surface area contributed by atoms with E-state index in [1.165, 1.54) is 27.8 Å². The van der Waals surface area contributed by atoms with Gasteiger partial charge in [-0.3, -0.25) is 0 Å². The van der Waals surface area contributed by atoms with E-state index in [9.17, 15) is 0 Å². The monoisotopic (exact) mass is 849 g/mol. The molecule has 313 valence electrons. The summed E-state index contributed by atoms with van der Waals surface area (Å²) in [4.78, 5) is 23.9. The first-order valence-corrected chi connectivity index (χ1v) is 22.2. The minimum absolute atomic E-state index is 0. The maximum atomic E-state index is 5.47. The SMILES string of the molecule is CCCN1C=CC(c2c(C3=CCN(CCC)C=C3)c3c(C4=CCN(CCC)C=C4)c4nc(cc5ccc(cc6nc(cc2n3C2=CCN(CCC)C=C2)C=C6)[nH]5)C=C4)=CC1.[Mn]. The Morgan fingerprint density at radius 1 is 0.492 bits per heavy atom. The van der Waals surface area contributed by atoms with E-state index in [2.05, 4.69) is 185 Å². The Hall–Kier alpha value is -5.76. The van der Waals surface area contributed by atoms with Crippen LogP contribution in [-0.2, 0) is 17.1 Å². The van der Waals surface area contributed by atoms with Crippen molar-refractivity contribution in [2.24, 2.45) is 0 Å². The normalized spacial score (nSPS) is 16.9. The summed E-state index contributed by atoms with van der Waals surface area (Å²) < 4.78 is 2.55. The van der Waals surface area contributed by atoms with Crippen LogP contribution in [0, 0.1) is 0 Å². The number of aromatic amines is 1. The fourth-order valence-corrected chi connectivity index (χ4v) is 9.07. The van der Waals surface area contributed by atoms with E-state index in [0.717, 1.165) is 134 Å². The number of hydrogen-bond donors (Lipinski definition) is 1. The van der Waals surface area contributed by atoms with Gasteiger partial charge in [-0.25, -0.2) is 9.97 Å². The molecular formula is C52H58MnN8. The summed E-state index contributed by atoms with van der Waals surface area (Å²) in [5, 5.41) is 0. The van der Waals surface area contributed by atoms with Gasteiger partial charge in [-0.05, 0) is 146 Å². The van der Waals surface area contributed by atoms with Gasteiger partial charge in [-0.2, -0.15) is 0 Å². The van der Waals surface area contributed by atoms with Crippen LogP contribution in [0.15, 0.2) is 104 Å². The molecule has 9 rings (SSSR count). The molecule has 8 nitrogen and oxygen atoms in total. The number of hydrogen-bond acceptors (Lipinski definition) is 6. The van der Waals surface area contributed by atoms with Crippen molar-refractivity contribution in [2.75, 3.05) is 52.4 Å². The van der Waals surface area contributed by atoms with Crippen molar-refractivity contribution in [1.29, 1.82) is 0 Å². The Morgan fingerprint density at radius 3 is 1.44 bits per heavy atom. The fraction of sp³-hybridized carbons (Fsp3) is 0.308. The van der Waals surface area contributed by atoms with E-state index in [1.807, 2.05) is 0 Å². The molecule has 0 saturated heterocycles. The molecule has 0 atom stereocenters. The zero-order valence-electron chi connectivity index (χ0n) is 36.1. The second-order valence-electron chi connectivity index (χ2n) is 16.4. The van der Waals surface area contributed by atoms with Gasteiger partial charge < -0.3 is 29.2 Å². The maximum absolute atomic E-state index is 5.47. The van der Waals surface area contributed by atoms with Gasteiger partial charge in [0, 0.05) is 109 Å². The molecule has 9 heterocycles. The minimum Gasteiger partial charge on any atom is -0.374 e. The van der Waals surface area contributed by atoms with Crippen LogP contribution >= 0.6 is 0 Å². The Kier molecular flexibility index (Phi) is 13.0. The molecule has 0 fully saturated rings. The van der Waals surface area contributed by atoms with Gasteiger partial charge in [0.25, 0.3) is 0 Å². The van der Waals surface area contributed by atoms with Crippen LogP contribution < -0.4 is 0 Å². The minimum atomic E-state index is 0. The molecule has 0 spiro atoms. The quantitative estimate of drug-likeness (QED) is 0.126. The van der Waals surface area contributed by atoms with Crippen LogP contribution in [0.5, 0.6) is 0 Å². The molecule has 6 aliphatic heterocycles. The number of aromatic nitrogens is 4. The van der Waals surface area contributed by atoms with Crippen LogP contribution in [0.1, 0.15) is 92.8 Å². The zero-order valence-corrected chi connectivity index (χ0v) is 37.3. The standard InChI is InChI=1S/C52H58N8.Mn/c1-5-23-56-27-15-38(16-28-56)49-47-14-13-44(55-47)36-43-10-9-41(53-43)35-42-11-12-45(54-42)37-48-50(39-17-29-57(24-6-2)30-18-39)51(40-19-31-58(25-7-3)32-20-40)52(49)60(48)46-21-33-59(26-8-4)34-22-46;/h9-22,27,29,31,33,35-37,53H,5-8,23-26,28,30,32,34H2,1-4H3;. The van der Waals surface area contributed by atoms with Crippen LogP contribution in [0.3, 0.4) is 0 Å². The smallest absolute Gasteiger partial charge is 0.0737 e. The van der Waals surface area contributed by atoms with Gasteiger partial charge in [0.05, 0.1) is 33.8 Å². The van der Waals surface area contributed by atoms with Crippen molar-refractivity contribution in [3.63, 3.8) is 0 Å². The number of nitrogens with zero attached hydrogens (tertiary/aromatic N) is 7. The summed E-state index contributed by atoms with van der Waals surface area (Å²) in [6, 6.07) is 10.8. The second kappa shape index (κ2) is 18.9. The van der Waals surface area contributed by atoms with Crippen molar-refractivity contribution in [2.45, 2.75) is 53.4 Å². The van der Waals surface area contributed by atoms with Gasteiger partial charge in [0.2, 0.25) is 0 Å². The Bertz CT molecular complexity index is 2640. The average Bonchev–Trinajstić information content (AvgIpc) is 4.08. The average molecular weight is 850 g/mol. The molecule has 1 radical (unpaired) electrons. The van der Waals surface area contributed by atoms with Crippen molar-refractivity contribution in [3.05, 3.63) is 143 Å². The predicted molar refractivity (Wildman–Crippen MR) is 255 cm³/mol. The predicted octanol–water partition coefficient (Wildman–Crippen LogP) is 11.1. The molecule has 0 amide bonds. The number of allylic oxidation sites excluding steroid dienone is 8. The summed E-state index contributed by atoms with van der Waals surface area (Å²) in [5.41, 5.74) is 16.4. The number of fused-ring (bicyclic) bond motifs is 8. The number of nitrogens with one attached hydrogen (secondary N) is 1. The summed E-state index contributed by atoms with van der Waals surface area (Å²) in [5.74, 6) is 0. The second-order valence-corrected chi connectivity index (χ2v) is 16.4. The molecule has 9 heteroatoms. The molecule has 0 unspecified atom stereocenters. The molecule has 1 N–H and O–H groups in total. The Labute approximate surface area is 372 Å². The van der Waals surface area contributed by atoms with Crippen molar-refractivity contribution < 1.29 is 17.1 Å². The first-order chi connectivity index (χ1) is 29.5. The fourth-order valence-electron chi connectivity index (χ4n) is 9.07. The van der Waals surface area contributed by atoms with Gasteiger partial charge in [0.1, 0.15) is 0 Å². The summed E-state index contributed by atoms with van der Waals surface area (Å²) >= 11 is 0. The van der Waals surface area contributed by atoms with Gasteiger partial charge in [-0.1, -0.05) is 45.9 Å². The molecular weight excluding hydrogens is 792 g/mol. The van der Waals surface area contributed by atoms with Gasteiger partial charge >= 0.3 is 0 Å². The largest absolute Gasteiger partial charge is 0.374 e. The first kappa shape index (κ1) is 42.0. The summed E-state index contributed by atoms with van der Waals surface area (Å²) in [6.45, 7) is 16.5. The van der Waals surface area contributed by atoms with E-state index in [1.54, 1.807) is 0 Å². The van der Waals surface area contributed by atoms with Gasteiger partial charge in [0.15, 0.2) is 0 Å². The zero-order chi connectivity index (χ0) is 41.0. The van der Waals surface area contributed by atoms with Crippen molar-refractivity contribution in [1.82, 2.24) is 39.1 Å². The third-order valence-corrected chi connectivity index (χ3v) is 11.9. The van der Waals surface area contributed by atoms with Crippen LogP contribution in [0.4, 0.5) is 0 Å². The van der Waals surface area contributed by atoms with Gasteiger partial charge in [-0.15, -0.1) is 0 Å². The number of rotatable bonds is 12. The van der Waals surface area contributed by atoms with Crippen LogP contribution in [-0.4, -0.2) is 91.5 Å². The van der Waals surface area contributed by atoms with Crippen molar-refractivity contribution >= 4 is 68.8 Å². The van der Waals surface area contributed by atoms with E-state index < -0.39 is 0 Å². The third kappa shape index (κ3) is 8.86. The maximum Gasteiger partial charge on any atom is 0.0737 e. The first-order valence-electron chi connectivity index (χ1n) is 22.2. The van der Waals surface area contributed by atoms with Crippen LogP contribution in [0.25, 0.3) is 68.8 Å². The molecule has 61 heavy (non-hydrogen) atoms.